The van der Waals surface area contributed by atoms with Crippen LogP contribution in [0.5, 0.6) is 0 Å². The number of halogens is 1. The topological polar surface area (TPSA) is 26.0 Å². The summed E-state index contributed by atoms with van der Waals surface area (Å²) in [5.41, 5.74) is 6.81. The molecule has 0 N–H and O–H groups in total. The van der Waals surface area contributed by atoms with E-state index in [0.717, 1.165) is 33.2 Å². The number of hydrogen-bond acceptors (Lipinski definition) is 2. The van der Waals surface area contributed by atoms with Gasteiger partial charge in [0.25, 0.3) is 0 Å². The van der Waals surface area contributed by atoms with E-state index < -0.39 is 0 Å². The van der Waals surface area contributed by atoms with Crippen LogP contribution in [-0.4, -0.2) is 4.98 Å². The van der Waals surface area contributed by atoms with Crippen LogP contribution in [0.25, 0.3) is 87.9 Å². The minimum absolute atomic E-state index is 0.248. The lowest BCUT2D eigenvalue weighted by Gasteiger charge is -2.16. The summed E-state index contributed by atoms with van der Waals surface area (Å²) in [7, 11) is 0. The lowest BCUT2D eigenvalue weighted by atomic mass is 9.88. The van der Waals surface area contributed by atoms with E-state index in [9.17, 15) is 4.39 Å². The van der Waals surface area contributed by atoms with Crippen molar-refractivity contribution in [2.24, 2.45) is 0 Å². The van der Waals surface area contributed by atoms with Crippen molar-refractivity contribution in [3.05, 3.63) is 139 Å². The molecule has 0 atom stereocenters. The van der Waals surface area contributed by atoms with Crippen LogP contribution in [0.15, 0.2) is 138 Å². The zero-order valence-corrected chi connectivity index (χ0v) is 22.4. The normalized spacial score (nSPS) is 11.9. The second kappa shape index (κ2) is 8.73. The van der Waals surface area contributed by atoms with Gasteiger partial charge >= 0.3 is 0 Å². The number of oxazole rings is 1. The summed E-state index contributed by atoms with van der Waals surface area (Å²) in [6.45, 7) is 0. The summed E-state index contributed by atoms with van der Waals surface area (Å²) in [6, 6.07) is 45.3. The van der Waals surface area contributed by atoms with Gasteiger partial charge in [-0.15, -0.1) is 0 Å². The van der Waals surface area contributed by atoms with E-state index in [0.29, 0.717) is 5.89 Å². The molecule has 9 aromatic rings. The molecule has 0 aliphatic rings. The average molecular weight is 540 g/mol. The zero-order valence-electron chi connectivity index (χ0n) is 22.4. The van der Waals surface area contributed by atoms with Crippen LogP contribution < -0.4 is 0 Å². The smallest absolute Gasteiger partial charge is 0.227 e. The molecule has 0 unspecified atom stereocenters. The molecule has 8 aromatic carbocycles. The Morgan fingerprint density at radius 3 is 1.88 bits per heavy atom. The maximum Gasteiger partial charge on any atom is 0.227 e. The van der Waals surface area contributed by atoms with Crippen molar-refractivity contribution in [1.82, 2.24) is 4.98 Å². The highest BCUT2D eigenvalue weighted by Crippen LogP contribution is 2.43. The predicted octanol–water partition coefficient (Wildman–Crippen LogP) is 11.0. The Morgan fingerprint density at radius 2 is 1.10 bits per heavy atom. The summed E-state index contributed by atoms with van der Waals surface area (Å²) in [6.07, 6.45) is 0. The molecule has 0 bridgehead atoms. The Morgan fingerprint density at radius 1 is 0.476 bits per heavy atom. The van der Waals surface area contributed by atoms with Crippen LogP contribution in [0, 0.1) is 5.82 Å². The fraction of sp³-hybridized carbons (Fsp3) is 0. The number of benzene rings is 8. The molecule has 42 heavy (non-hydrogen) atoms. The second-order valence-corrected chi connectivity index (χ2v) is 10.9. The van der Waals surface area contributed by atoms with Crippen molar-refractivity contribution < 1.29 is 8.81 Å². The van der Waals surface area contributed by atoms with Crippen molar-refractivity contribution in [3.8, 4) is 33.7 Å². The molecule has 0 saturated carbocycles. The highest BCUT2D eigenvalue weighted by molar-refractivity contribution is 6.27. The van der Waals surface area contributed by atoms with E-state index in [-0.39, 0.29) is 5.82 Å². The molecule has 0 amide bonds. The van der Waals surface area contributed by atoms with E-state index in [4.69, 9.17) is 9.40 Å². The lowest BCUT2D eigenvalue weighted by Crippen LogP contribution is -1.89. The summed E-state index contributed by atoms with van der Waals surface area (Å²) >= 11 is 0. The average Bonchev–Trinajstić information content (AvgIpc) is 3.47. The van der Waals surface area contributed by atoms with Gasteiger partial charge in [0.05, 0.1) is 0 Å². The Balaban J connectivity index is 1.23. The number of rotatable bonds is 3. The van der Waals surface area contributed by atoms with E-state index in [1.165, 1.54) is 61.0 Å². The predicted molar refractivity (Wildman–Crippen MR) is 171 cm³/mol. The van der Waals surface area contributed by atoms with Crippen LogP contribution in [0.2, 0.25) is 0 Å². The van der Waals surface area contributed by atoms with E-state index >= 15 is 0 Å². The fourth-order valence-electron chi connectivity index (χ4n) is 6.46. The third kappa shape index (κ3) is 3.47. The van der Waals surface area contributed by atoms with Crippen molar-refractivity contribution in [2.75, 3.05) is 0 Å². The van der Waals surface area contributed by atoms with Gasteiger partial charge in [-0.3, -0.25) is 0 Å². The van der Waals surface area contributed by atoms with Gasteiger partial charge in [-0.1, -0.05) is 97.1 Å². The van der Waals surface area contributed by atoms with Gasteiger partial charge in [0.2, 0.25) is 5.89 Å². The van der Waals surface area contributed by atoms with Crippen molar-refractivity contribution in [1.29, 1.82) is 0 Å². The Kier molecular flexibility index (Phi) is 4.82. The van der Waals surface area contributed by atoms with Gasteiger partial charge in [-0.2, -0.15) is 0 Å². The van der Waals surface area contributed by atoms with Crippen molar-refractivity contribution >= 4 is 54.2 Å². The van der Waals surface area contributed by atoms with E-state index in [1.54, 1.807) is 12.1 Å². The largest absolute Gasteiger partial charge is 0.436 e. The fourth-order valence-corrected chi connectivity index (χ4v) is 6.46. The first-order valence-corrected chi connectivity index (χ1v) is 14.1. The molecule has 1 aromatic heterocycles. The van der Waals surface area contributed by atoms with Gasteiger partial charge in [0, 0.05) is 5.56 Å². The second-order valence-electron chi connectivity index (χ2n) is 10.9. The lowest BCUT2D eigenvalue weighted by molar-refractivity contribution is 0.620. The molecule has 196 valence electrons. The van der Waals surface area contributed by atoms with Gasteiger partial charge in [-0.05, 0) is 102 Å². The molecule has 0 spiro atoms. The Labute approximate surface area is 240 Å². The first-order valence-electron chi connectivity index (χ1n) is 14.1. The summed E-state index contributed by atoms with van der Waals surface area (Å²) < 4.78 is 19.8. The quantitative estimate of drug-likeness (QED) is 0.209. The summed E-state index contributed by atoms with van der Waals surface area (Å²) in [4.78, 5) is 4.92. The third-order valence-electron chi connectivity index (χ3n) is 8.52. The molecular formula is C39H22FNO. The molecular weight excluding hydrogens is 517 g/mol. The molecule has 9 rings (SSSR count). The van der Waals surface area contributed by atoms with Crippen LogP contribution in [0.4, 0.5) is 4.39 Å². The molecule has 3 heteroatoms. The molecule has 0 aliphatic heterocycles. The molecule has 0 radical (unpaired) electrons. The SMILES string of the molecule is Fc1ccc(-c2ccc3oc(-c4ccc5ccc6c(-c7ccc8ccccc8c7)ccc7ccc4c5c76)nc3c2)cc1. The number of fused-ring (bicyclic) bond motifs is 2. The molecule has 0 saturated heterocycles. The van der Waals surface area contributed by atoms with E-state index in [1.807, 2.05) is 18.2 Å². The first-order chi connectivity index (χ1) is 20.7. The monoisotopic (exact) mass is 539 g/mol. The Hall–Kier alpha value is -5.54. The minimum Gasteiger partial charge on any atom is -0.436 e. The summed E-state index contributed by atoms with van der Waals surface area (Å²) in [5, 5.41) is 9.72. The highest BCUT2D eigenvalue weighted by Gasteiger charge is 2.18. The standard InChI is InChI=1S/C39H22FNO/c40-30-14-7-24(8-15-30)28-13-20-36-35(22-28)41-39(42-36)34-19-12-26-10-17-32-31(16-9-25-11-18-33(34)38(26)37(25)32)29-6-5-23-3-1-2-4-27(23)21-29/h1-22H. The maximum absolute atomic E-state index is 13.5. The first kappa shape index (κ1) is 23.2. The van der Waals surface area contributed by atoms with Crippen LogP contribution in [0.3, 0.4) is 0 Å². The van der Waals surface area contributed by atoms with E-state index in [2.05, 4.69) is 91.0 Å². The van der Waals surface area contributed by atoms with Gasteiger partial charge < -0.3 is 4.42 Å². The van der Waals surface area contributed by atoms with Crippen LogP contribution in [0.1, 0.15) is 0 Å². The maximum atomic E-state index is 13.5. The van der Waals surface area contributed by atoms with Gasteiger partial charge in [0.1, 0.15) is 11.3 Å². The minimum atomic E-state index is -0.248. The molecule has 0 fully saturated rings. The molecule has 2 nitrogen and oxygen atoms in total. The Bertz CT molecular complexity index is 2470. The van der Waals surface area contributed by atoms with Crippen molar-refractivity contribution in [3.63, 3.8) is 0 Å². The number of hydrogen-bond donors (Lipinski definition) is 0. The summed E-state index contributed by atoms with van der Waals surface area (Å²) in [5.74, 6) is 0.343. The molecule has 0 aliphatic carbocycles. The van der Waals surface area contributed by atoms with Gasteiger partial charge in [-0.25, -0.2) is 9.37 Å². The zero-order chi connectivity index (χ0) is 27.8. The number of nitrogens with zero attached hydrogens (tertiary/aromatic N) is 1. The molecule has 1 heterocycles. The van der Waals surface area contributed by atoms with Crippen LogP contribution >= 0.6 is 0 Å². The third-order valence-corrected chi connectivity index (χ3v) is 8.52. The number of aromatic nitrogens is 1. The van der Waals surface area contributed by atoms with Gasteiger partial charge in [0.15, 0.2) is 5.58 Å². The highest BCUT2D eigenvalue weighted by atomic mass is 19.1. The van der Waals surface area contributed by atoms with Crippen molar-refractivity contribution in [2.45, 2.75) is 0 Å². The van der Waals surface area contributed by atoms with Crippen LogP contribution in [-0.2, 0) is 0 Å².